The number of aromatic nitrogens is 5. The minimum Gasteiger partial charge on any atom is -0.358 e. The van der Waals surface area contributed by atoms with Gasteiger partial charge in [0.2, 0.25) is 0 Å². The van der Waals surface area contributed by atoms with Crippen LogP contribution in [-0.2, 0) is 6.54 Å². The number of carbonyl (C=O) groups is 1. The van der Waals surface area contributed by atoms with Gasteiger partial charge in [-0.15, -0.1) is 0 Å². The molecule has 0 aliphatic heterocycles. The highest BCUT2D eigenvalue weighted by molar-refractivity contribution is 5.93. The average molecular weight is 376 g/mol. The molecule has 7 nitrogen and oxygen atoms in total. The molecule has 3 heterocycles. The van der Waals surface area contributed by atoms with Gasteiger partial charge in [-0.05, 0) is 49.9 Å². The first kappa shape index (κ1) is 18.2. The van der Waals surface area contributed by atoms with E-state index in [0.717, 1.165) is 22.5 Å². The molecule has 1 amide bonds. The number of hydrogen-bond donors (Lipinski definition) is 2. The number of rotatable bonds is 4. The minimum absolute atomic E-state index is 0.194. The Morgan fingerprint density at radius 3 is 2.75 bits per heavy atom. The molecule has 0 aliphatic rings. The number of H-pyrrole nitrogens is 1. The van der Waals surface area contributed by atoms with Crippen LogP contribution < -0.4 is 5.32 Å². The molecule has 28 heavy (non-hydrogen) atoms. The van der Waals surface area contributed by atoms with Crippen LogP contribution in [0.5, 0.6) is 0 Å². The third-order valence-corrected chi connectivity index (χ3v) is 5.19. The van der Waals surface area contributed by atoms with Crippen molar-refractivity contribution in [3.8, 4) is 0 Å². The molecule has 0 atom stereocenters. The van der Waals surface area contributed by atoms with E-state index in [0.29, 0.717) is 18.0 Å². The summed E-state index contributed by atoms with van der Waals surface area (Å²) in [5.74, 6) is 0.409. The van der Waals surface area contributed by atoms with Gasteiger partial charge in [0.15, 0.2) is 0 Å². The fraction of sp³-hybridized carbons (Fsp3) is 0.333. The van der Waals surface area contributed by atoms with Gasteiger partial charge in [0, 0.05) is 17.6 Å². The minimum atomic E-state index is -0.220. The topological polar surface area (TPSA) is 88.0 Å². The number of amides is 1. The summed E-state index contributed by atoms with van der Waals surface area (Å²) in [6.07, 6.45) is 1.45. The molecule has 0 unspecified atom stereocenters. The molecular formula is C21H24N6O. The summed E-state index contributed by atoms with van der Waals surface area (Å²) in [6.45, 7) is 10.8. The zero-order chi connectivity index (χ0) is 20.0. The van der Waals surface area contributed by atoms with E-state index in [1.807, 2.05) is 0 Å². The Hall–Kier alpha value is -3.22. The van der Waals surface area contributed by atoms with Crippen molar-refractivity contribution in [1.82, 2.24) is 29.9 Å². The molecule has 0 saturated heterocycles. The number of aromatic amines is 1. The summed E-state index contributed by atoms with van der Waals surface area (Å²) in [4.78, 5) is 24.8. The lowest BCUT2D eigenvalue weighted by molar-refractivity contribution is 0.0946. The first-order valence-corrected chi connectivity index (χ1v) is 9.42. The lowest BCUT2D eigenvalue weighted by Gasteiger charge is -2.11. The van der Waals surface area contributed by atoms with Crippen LogP contribution in [-0.4, -0.2) is 30.5 Å². The first-order valence-electron chi connectivity index (χ1n) is 9.42. The second kappa shape index (κ2) is 6.74. The van der Waals surface area contributed by atoms with Gasteiger partial charge in [-0.2, -0.15) is 10.1 Å². The third kappa shape index (κ3) is 3.02. The van der Waals surface area contributed by atoms with Crippen LogP contribution in [0.1, 0.15) is 58.3 Å². The van der Waals surface area contributed by atoms with Crippen LogP contribution >= 0.6 is 0 Å². The molecule has 4 rings (SSSR count). The maximum absolute atomic E-state index is 12.8. The second-order valence-corrected chi connectivity index (χ2v) is 7.60. The molecule has 0 fully saturated rings. The summed E-state index contributed by atoms with van der Waals surface area (Å²) < 4.78 is 1.68. The van der Waals surface area contributed by atoms with E-state index >= 15 is 0 Å². The van der Waals surface area contributed by atoms with Gasteiger partial charge in [0.05, 0.1) is 11.2 Å². The van der Waals surface area contributed by atoms with E-state index in [9.17, 15) is 4.79 Å². The van der Waals surface area contributed by atoms with Crippen molar-refractivity contribution in [3.63, 3.8) is 0 Å². The average Bonchev–Trinajstić information content (AvgIpc) is 3.24. The number of benzene rings is 1. The van der Waals surface area contributed by atoms with E-state index in [1.165, 1.54) is 22.8 Å². The molecule has 2 N–H and O–H groups in total. The number of hydrogen-bond acceptors (Lipinski definition) is 4. The van der Waals surface area contributed by atoms with Gasteiger partial charge < -0.3 is 10.3 Å². The zero-order valence-corrected chi connectivity index (χ0v) is 16.8. The number of fused-ring (bicyclic) bond motifs is 2. The van der Waals surface area contributed by atoms with Gasteiger partial charge in [-0.3, -0.25) is 4.79 Å². The smallest absolute Gasteiger partial charge is 0.270 e. The summed E-state index contributed by atoms with van der Waals surface area (Å²) in [7, 11) is 0. The van der Waals surface area contributed by atoms with Gasteiger partial charge in [0.1, 0.15) is 12.0 Å². The van der Waals surface area contributed by atoms with E-state index < -0.39 is 0 Å². The predicted molar refractivity (Wildman–Crippen MR) is 109 cm³/mol. The van der Waals surface area contributed by atoms with Crippen molar-refractivity contribution < 1.29 is 4.79 Å². The SMILES string of the molecule is Cc1cc(CNC(=O)c2cc(C(C)C)n3ncnc3n2)c2[nH]c(C)c(C)c2c1. The lowest BCUT2D eigenvalue weighted by Crippen LogP contribution is -2.25. The molecule has 1 aromatic carbocycles. The number of nitrogens with zero attached hydrogens (tertiary/aromatic N) is 4. The predicted octanol–water partition coefficient (Wildman–Crippen LogP) is 3.58. The normalized spacial score (nSPS) is 11.6. The fourth-order valence-corrected chi connectivity index (χ4v) is 3.56. The van der Waals surface area contributed by atoms with Crippen molar-refractivity contribution in [1.29, 1.82) is 0 Å². The fourth-order valence-electron chi connectivity index (χ4n) is 3.56. The Morgan fingerprint density at radius 2 is 2.00 bits per heavy atom. The van der Waals surface area contributed by atoms with Crippen molar-refractivity contribution >= 4 is 22.6 Å². The first-order chi connectivity index (χ1) is 13.3. The molecule has 3 aromatic heterocycles. The van der Waals surface area contributed by atoms with Crippen LogP contribution in [0, 0.1) is 20.8 Å². The lowest BCUT2D eigenvalue weighted by atomic mass is 10.0. The number of nitrogens with one attached hydrogen (secondary N) is 2. The maximum atomic E-state index is 12.8. The summed E-state index contributed by atoms with van der Waals surface area (Å²) in [6, 6.07) is 6.07. The largest absolute Gasteiger partial charge is 0.358 e. The molecule has 0 saturated carbocycles. The summed E-state index contributed by atoms with van der Waals surface area (Å²) in [5, 5.41) is 8.40. The standard InChI is InChI=1S/C21H24N6O/c1-11(2)18-8-17(26-21-23-10-24-27(18)21)20(28)22-9-15-6-12(3)7-16-13(4)14(5)25-19(15)16/h6-8,10-11,25H,9H2,1-5H3,(H,22,28). The van der Waals surface area contributed by atoms with E-state index in [-0.39, 0.29) is 11.8 Å². The van der Waals surface area contributed by atoms with Crippen molar-refractivity contribution in [2.45, 2.75) is 47.1 Å². The molecule has 7 heteroatoms. The van der Waals surface area contributed by atoms with Crippen LogP contribution in [0.2, 0.25) is 0 Å². The molecule has 0 spiro atoms. The molecule has 0 radical (unpaired) electrons. The molecule has 4 aromatic rings. The summed E-state index contributed by atoms with van der Waals surface area (Å²) >= 11 is 0. The van der Waals surface area contributed by atoms with Crippen molar-refractivity contribution in [2.75, 3.05) is 0 Å². The Morgan fingerprint density at radius 1 is 1.21 bits per heavy atom. The van der Waals surface area contributed by atoms with Gasteiger partial charge >= 0.3 is 0 Å². The highest BCUT2D eigenvalue weighted by atomic mass is 16.1. The van der Waals surface area contributed by atoms with Crippen molar-refractivity contribution in [3.05, 3.63) is 58.3 Å². The number of carbonyl (C=O) groups excluding carboxylic acids is 1. The van der Waals surface area contributed by atoms with Gasteiger partial charge in [-0.25, -0.2) is 9.50 Å². The molecule has 0 bridgehead atoms. The van der Waals surface area contributed by atoms with Crippen LogP contribution in [0.25, 0.3) is 16.7 Å². The molecule has 144 valence electrons. The van der Waals surface area contributed by atoms with Gasteiger partial charge in [-0.1, -0.05) is 25.5 Å². The van der Waals surface area contributed by atoms with Gasteiger partial charge in [0.25, 0.3) is 11.7 Å². The second-order valence-electron chi connectivity index (χ2n) is 7.60. The Bertz CT molecular complexity index is 1200. The monoisotopic (exact) mass is 376 g/mol. The maximum Gasteiger partial charge on any atom is 0.270 e. The Kier molecular flexibility index (Phi) is 4.37. The quantitative estimate of drug-likeness (QED) is 0.570. The summed E-state index contributed by atoms with van der Waals surface area (Å²) in [5.41, 5.74) is 6.95. The van der Waals surface area contributed by atoms with Crippen molar-refractivity contribution in [2.24, 2.45) is 0 Å². The third-order valence-electron chi connectivity index (χ3n) is 5.19. The highest BCUT2D eigenvalue weighted by Gasteiger charge is 2.16. The molecule has 0 aliphatic carbocycles. The van der Waals surface area contributed by atoms with E-state index in [4.69, 9.17) is 0 Å². The van der Waals surface area contributed by atoms with Crippen LogP contribution in [0.3, 0.4) is 0 Å². The molecular weight excluding hydrogens is 352 g/mol. The van der Waals surface area contributed by atoms with E-state index in [2.05, 4.69) is 72.1 Å². The Balaban J connectivity index is 1.64. The number of aryl methyl sites for hydroxylation is 3. The Labute approximate surface area is 163 Å². The highest BCUT2D eigenvalue weighted by Crippen LogP contribution is 2.26. The van der Waals surface area contributed by atoms with Crippen LogP contribution in [0.15, 0.2) is 24.5 Å². The zero-order valence-electron chi connectivity index (χ0n) is 16.8. The van der Waals surface area contributed by atoms with E-state index in [1.54, 1.807) is 10.6 Å². The van der Waals surface area contributed by atoms with Crippen LogP contribution in [0.4, 0.5) is 0 Å².